The van der Waals surface area contributed by atoms with Crippen LogP contribution in [0.4, 0.5) is 5.69 Å². The molecule has 7 nitrogen and oxygen atoms in total. The van der Waals surface area contributed by atoms with Gasteiger partial charge in [0.05, 0.1) is 10.6 Å². The molecule has 1 heterocycles. The topological polar surface area (TPSA) is 104 Å². The van der Waals surface area contributed by atoms with E-state index in [-0.39, 0.29) is 23.1 Å². The molecule has 0 spiro atoms. The lowest BCUT2D eigenvalue weighted by Crippen LogP contribution is -2.59. The fraction of sp³-hybridized carbons (Fsp3) is 0.333. The van der Waals surface area contributed by atoms with Crippen LogP contribution in [0.5, 0.6) is 0 Å². The summed E-state index contributed by atoms with van der Waals surface area (Å²) in [6.07, 6.45) is 0. The van der Waals surface area contributed by atoms with Crippen molar-refractivity contribution >= 4 is 39.1 Å². The third-order valence-electron chi connectivity index (χ3n) is 4.78. The second kappa shape index (κ2) is 9.20. The SMILES string of the molecule is Cc1ccc(NC(=O)CSC2NCC(S(=O)(=O)c3ccc(C)cc3C)C(=O)N2)cc1. The Bertz CT molecular complexity index is 1050. The van der Waals surface area contributed by atoms with Crippen molar-refractivity contribution in [3.05, 3.63) is 59.2 Å². The van der Waals surface area contributed by atoms with Crippen molar-refractivity contribution in [1.29, 1.82) is 0 Å². The molecule has 2 amide bonds. The molecule has 160 valence electrons. The van der Waals surface area contributed by atoms with Crippen LogP contribution < -0.4 is 16.0 Å². The highest BCUT2D eigenvalue weighted by molar-refractivity contribution is 8.00. The normalized spacial score (nSPS) is 19.2. The van der Waals surface area contributed by atoms with E-state index in [9.17, 15) is 18.0 Å². The first-order valence-electron chi connectivity index (χ1n) is 9.50. The van der Waals surface area contributed by atoms with Crippen molar-refractivity contribution in [3.8, 4) is 0 Å². The summed E-state index contributed by atoms with van der Waals surface area (Å²) in [6.45, 7) is 5.56. The number of hydrogen-bond donors (Lipinski definition) is 3. The molecule has 0 saturated carbocycles. The number of anilines is 1. The Balaban J connectivity index is 1.56. The van der Waals surface area contributed by atoms with Crippen LogP contribution in [0.25, 0.3) is 0 Å². The van der Waals surface area contributed by atoms with Crippen molar-refractivity contribution in [2.75, 3.05) is 17.6 Å². The lowest BCUT2D eigenvalue weighted by atomic mass is 10.2. The highest BCUT2D eigenvalue weighted by Crippen LogP contribution is 2.23. The maximum Gasteiger partial charge on any atom is 0.241 e. The Morgan fingerprint density at radius 3 is 2.40 bits per heavy atom. The molecule has 1 saturated heterocycles. The van der Waals surface area contributed by atoms with Gasteiger partial charge >= 0.3 is 0 Å². The average molecular weight is 448 g/mol. The van der Waals surface area contributed by atoms with Gasteiger partial charge in [0.25, 0.3) is 0 Å². The van der Waals surface area contributed by atoms with Crippen LogP contribution in [0, 0.1) is 20.8 Å². The van der Waals surface area contributed by atoms with E-state index >= 15 is 0 Å². The number of aryl methyl sites for hydroxylation is 3. The molecule has 3 N–H and O–H groups in total. The minimum absolute atomic E-state index is 0.0151. The van der Waals surface area contributed by atoms with Gasteiger partial charge in [0.1, 0.15) is 5.50 Å². The number of amides is 2. The maximum atomic E-state index is 13.0. The molecular weight excluding hydrogens is 422 g/mol. The first kappa shape index (κ1) is 22.3. The molecular formula is C21H25N3O4S2. The van der Waals surface area contributed by atoms with Gasteiger partial charge in [-0.15, -0.1) is 11.8 Å². The van der Waals surface area contributed by atoms with Gasteiger partial charge in [-0.25, -0.2) is 8.42 Å². The Hall–Kier alpha value is -2.36. The van der Waals surface area contributed by atoms with Crippen molar-refractivity contribution in [3.63, 3.8) is 0 Å². The predicted molar refractivity (Wildman–Crippen MR) is 119 cm³/mol. The molecule has 0 aromatic heterocycles. The lowest BCUT2D eigenvalue weighted by molar-refractivity contribution is -0.122. The summed E-state index contributed by atoms with van der Waals surface area (Å²) in [7, 11) is -3.82. The fourth-order valence-corrected chi connectivity index (χ4v) is 5.74. The van der Waals surface area contributed by atoms with Crippen LogP contribution in [-0.2, 0) is 19.4 Å². The summed E-state index contributed by atoms with van der Waals surface area (Å²) in [5.41, 5.74) is 2.84. The van der Waals surface area contributed by atoms with Gasteiger partial charge in [-0.1, -0.05) is 35.4 Å². The van der Waals surface area contributed by atoms with E-state index in [1.54, 1.807) is 25.1 Å². The maximum absolute atomic E-state index is 13.0. The first-order chi connectivity index (χ1) is 14.2. The molecule has 9 heteroatoms. The number of rotatable bonds is 6. The van der Waals surface area contributed by atoms with Gasteiger partial charge in [0.2, 0.25) is 11.8 Å². The summed E-state index contributed by atoms with van der Waals surface area (Å²) in [5.74, 6) is -0.657. The van der Waals surface area contributed by atoms with Gasteiger partial charge in [-0.2, -0.15) is 0 Å². The summed E-state index contributed by atoms with van der Waals surface area (Å²) >= 11 is 1.20. The molecule has 1 aliphatic heterocycles. The van der Waals surface area contributed by atoms with Crippen LogP contribution >= 0.6 is 11.8 Å². The summed E-state index contributed by atoms with van der Waals surface area (Å²) < 4.78 is 25.9. The largest absolute Gasteiger partial charge is 0.331 e. The van der Waals surface area contributed by atoms with Gasteiger partial charge in [-0.05, 0) is 44.5 Å². The van der Waals surface area contributed by atoms with Crippen LogP contribution in [0.2, 0.25) is 0 Å². The second-order valence-electron chi connectivity index (χ2n) is 7.32. The van der Waals surface area contributed by atoms with Gasteiger partial charge < -0.3 is 10.6 Å². The van der Waals surface area contributed by atoms with Crippen molar-refractivity contribution in [2.24, 2.45) is 0 Å². The monoisotopic (exact) mass is 447 g/mol. The van der Waals surface area contributed by atoms with Gasteiger partial charge in [0, 0.05) is 12.2 Å². The number of carbonyl (C=O) groups is 2. The summed E-state index contributed by atoms with van der Waals surface area (Å²) in [6, 6.07) is 12.5. The second-order valence-corrected chi connectivity index (χ2v) is 10.5. The predicted octanol–water partition coefficient (Wildman–Crippen LogP) is 2.13. The zero-order valence-electron chi connectivity index (χ0n) is 17.1. The zero-order valence-corrected chi connectivity index (χ0v) is 18.7. The third kappa shape index (κ3) is 5.21. The van der Waals surface area contributed by atoms with Crippen molar-refractivity contribution in [2.45, 2.75) is 36.4 Å². The van der Waals surface area contributed by atoms with Gasteiger partial charge in [-0.3, -0.25) is 14.9 Å². The highest BCUT2D eigenvalue weighted by Gasteiger charge is 2.39. The summed E-state index contributed by atoms with van der Waals surface area (Å²) in [4.78, 5) is 24.8. The molecule has 1 fully saturated rings. The molecule has 30 heavy (non-hydrogen) atoms. The molecule has 0 radical (unpaired) electrons. The van der Waals surface area contributed by atoms with E-state index in [0.29, 0.717) is 11.3 Å². The average Bonchev–Trinajstić information content (AvgIpc) is 2.67. The Labute approximate surface area is 180 Å². The van der Waals surface area contributed by atoms with Crippen LogP contribution in [0.1, 0.15) is 16.7 Å². The molecule has 2 aromatic rings. The number of thioether (sulfide) groups is 1. The van der Waals surface area contributed by atoms with Gasteiger partial charge in [0.15, 0.2) is 15.1 Å². The van der Waals surface area contributed by atoms with E-state index in [4.69, 9.17) is 0 Å². The lowest BCUT2D eigenvalue weighted by Gasteiger charge is -2.30. The van der Waals surface area contributed by atoms with E-state index in [0.717, 1.165) is 11.1 Å². The highest BCUT2D eigenvalue weighted by atomic mass is 32.2. The number of benzene rings is 2. The van der Waals surface area contributed by atoms with Crippen LogP contribution in [0.15, 0.2) is 47.4 Å². The smallest absolute Gasteiger partial charge is 0.241 e. The Morgan fingerprint density at radius 2 is 1.77 bits per heavy atom. The van der Waals surface area contributed by atoms with E-state index in [2.05, 4.69) is 16.0 Å². The molecule has 2 aromatic carbocycles. The fourth-order valence-electron chi connectivity index (χ4n) is 3.20. The first-order valence-corrected chi connectivity index (χ1v) is 12.1. The molecule has 2 atom stereocenters. The molecule has 1 aliphatic rings. The van der Waals surface area contributed by atoms with E-state index < -0.39 is 26.5 Å². The van der Waals surface area contributed by atoms with Crippen LogP contribution in [-0.4, -0.2) is 43.3 Å². The standard InChI is InChI=1S/C21H25N3O4S2/c1-13-4-7-16(8-5-13)23-19(25)12-29-21-22-11-18(20(26)24-21)30(27,28)17-9-6-14(2)10-15(17)3/h4-10,18,21-22H,11-12H2,1-3H3,(H,23,25)(H,24,26). The molecule has 0 bridgehead atoms. The molecule has 3 rings (SSSR count). The number of nitrogens with one attached hydrogen (secondary N) is 3. The molecule has 2 unspecified atom stereocenters. The zero-order chi connectivity index (χ0) is 21.9. The van der Waals surface area contributed by atoms with Crippen molar-refractivity contribution in [1.82, 2.24) is 10.6 Å². The minimum atomic E-state index is -3.82. The van der Waals surface area contributed by atoms with Crippen LogP contribution in [0.3, 0.4) is 0 Å². The molecule has 0 aliphatic carbocycles. The van der Waals surface area contributed by atoms with E-state index in [1.165, 1.54) is 11.8 Å². The Morgan fingerprint density at radius 1 is 1.10 bits per heavy atom. The third-order valence-corrected chi connectivity index (χ3v) is 8.03. The van der Waals surface area contributed by atoms with Crippen molar-refractivity contribution < 1.29 is 18.0 Å². The van der Waals surface area contributed by atoms with E-state index in [1.807, 2.05) is 38.1 Å². The summed E-state index contributed by atoms with van der Waals surface area (Å²) in [5, 5.41) is 7.24. The number of carbonyl (C=O) groups excluding carboxylic acids is 2. The quantitative estimate of drug-likeness (QED) is 0.627. The Kier molecular flexibility index (Phi) is 6.84. The number of hydrogen-bond acceptors (Lipinski definition) is 6. The minimum Gasteiger partial charge on any atom is -0.331 e. The number of sulfone groups is 1.